The number of hydrogen-bond acceptors (Lipinski definition) is 4. The summed E-state index contributed by atoms with van der Waals surface area (Å²) in [5.41, 5.74) is 0.474. The van der Waals surface area contributed by atoms with Gasteiger partial charge in [0.25, 0.3) is 5.69 Å². The fourth-order valence-electron chi connectivity index (χ4n) is 2.44. The lowest BCUT2D eigenvalue weighted by Gasteiger charge is -2.21. The summed E-state index contributed by atoms with van der Waals surface area (Å²) in [5, 5.41) is 23.7. The second-order valence-corrected chi connectivity index (χ2v) is 6.59. The molecule has 0 aliphatic heterocycles. The van der Waals surface area contributed by atoms with E-state index in [9.17, 15) is 15.2 Å². The number of nitrogens with zero attached hydrogens (tertiary/aromatic N) is 2. The molecule has 0 amide bonds. The maximum absolute atomic E-state index is 12.1. The summed E-state index contributed by atoms with van der Waals surface area (Å²) in [5.74, 6) is -0.704. The van der Waals surface area contributed by atoms with Gasteiger partial charge in [-0.3, -0.25) is 15.1 Å². The third-order valence-electron chi connectivity index (χ3n) is 3.76. The number of benzene rings is 2. The van der Waals surface area contributed by atoms with E-state index in [0.717, 1.165) is 16.5 Å². The molecule has 8 heteroatoms. The van der Waals surface area contributed by atoms with Gasteiger partial charge >= 0.3 is 0 Å². The standard InChI is InChI=1S/C17H17Cl2N3O3/c1-21(2)16(13-5-3-4-6-14(13)19)10-20-9-11-7-12(18)8-15(17(11)23)22(24)25/h3-9,16,23H,10H2,1-2H3/t16-/m0/s1. The van der Waals surface area contributed by atoms with E-state index in [0.29, 0.717) is 11.6 Å². The van der Waals surface area contributed by atoms with Gasteiger partial charge in [-0.15, -0.1) is 0 Å². The van der Waals surface area contributed by atoms with E-state index in [4.69, 9.17) is 23.2 Å². The Bertz CT molecular complexity index is 810. The molecule has 0 fully saturated rings. The van der Waals surface area contributed by atoms with E-state index in [2.05, 4.69) is 4.99 Å². The maximum atomic E-state index is 12.1. The predicted molar refractivity (Wildman–Crippen MR) is 97.0 cm³/mol. The molecular weight excluding hydrogens is 365 g/mol. The first-order valence-electron chi connectivity index (χ1n) is 7.50. The number of nitrogens with one attached hydrogen (secondary N) is 1. The van der Waals surface area contributed by atoms with Crippen molar-refractivity contribution in [1.29, 1.82) is 0 Å². The van der Waals surface area contributed by atoms with Crippen LogP contribution in [0.3, 0.4) is 0 Å². The van der Waals surface area contributed by atoms with Crippen molar-refractivity contribution >= 4 is 35.1 Å². The van der Waals surface area contributed by atoms with Crippen molar-refractivity contribution in [3.8, 4) is 5.75 Å². The van der Waals surface area contributed by atoms with Crippen LogP contribution >= 0.6 is 23.2 Å². The Hall–Kier alpha value is -2.15. The molecule has 0 spiro atoms. The van der Waals surface area contributed by atoms with Gasteiger partial charge in [0.2, 0.25) is 0 Å². The molecule has 0 saturated heterocycles. The molecule has 132 valence electrons. The van der Waals surface area contributed by atoms with Crippen LogP contribution in [0.25, 0.3) is 0 Å². The second-order valence-electron chi connectivity index (χ2n) is 5.75. The van der Waals surface area contributed by atoms with Crippen LogP contribution in [0, 0.1) is 10.1 Å². The summed E-state index contributed by atoms with van der Waals surface area (Å²) in [7, 11) is 3.96. The molecule has 0 bridgehead atoms. The van der Waals surface area contributed by atoms with Gasteiger partial charge in [-0.05, 0) is 23.4 Å². The number of aliphatic imine (C=N–C) groups is 1. The SMILES string of the molecule is C[NH+](C)[C@@H](CN=Cc1cc(Cl)cc([N+](=O)[O-])c1[O-])c1ccccc1Cl. The molecule has 1 N–H and O–H groups in total. The van der Waals surface area contributed by atoms with Crippen molar-refractivity contribution in [2.24, 2.45) is 4.99 Å². The highest BCUT2D eigenvalue weighted by molar-refractivity contribution is 6.31. The third-order valence-corrected chi connectivity index (χ3v) is 4.32. The Morgan fingerprint density at radius 1 is 1.28 bits per heavy atom. The van der Waals surface area contributed by atoms with Gasteiger partial charge in [0, 0.05) is 27.9 Å². The van der Waals surface area contributed by atoms with E-state index in [1.165, 1.54) is 12.3 Å². The first kappa shape index (κ1) is 19.2. The zero-order valence-electron chi connectivity index (χ0n) is 13.7. The van der Waals surface area contributed by atoms with Crippen LogP contribution in [-0.2, 0) is 0 Å². The molecule has 0 saturated carbocycles. The van der Waals surface area contributed by atoms with E-state index < -0.39 is 16.4 Å². The summed E-state index contributed by atoms with van der Waals surface area (Å²) in [6.45, 7) is 0.367. The van der Waals surface area contributed by atoms with Crippen molar-refractivity contribution in [3.63, 3.8) is 0 Å². The number of halogens is 2. The van der Waals surface area contributed by atoms with Crippen LogP contribution < -0.4 is 10.0 Å². The third kappa shape index (κ3) is 4.69. The van der Waals surface area contributed by atoms with Crippen LogP contribution in [0.1, 0.15) is 17.2 Å². The largest absolute Gasteiger partial charge is 0.867 e. The predicted octanol–water partition coefficient (Wildman–Crippen LogP) is 2.28. The lowest BCUT2D eigenvalue weighted by molar-refractivity contribution is -0.890. The lowest BCUT2D eigenvalue weighted by Crippen LogP contribution is -3.06. The average molecular weight is 382 g/mol. The summed E-state index contributed by atoms with van der Waals surface area (Å²) < 4.78 is 0. The maximum Gasteiger partial charge on any atom is 0.263 e. The summed E-state index contributed by atoms with van der Waals surface area (Å²) >= 11 is 12.1. The number of rotatable bonds is 6. The molecule has 2 aromatic carbocycles. The van der Waals surface area contributed by atoms with Gasteiger partial charge in [0.15, 0.2) is 0 Å². The fraction of sp³-hybridized carbons (Fsp3) is 0.235. The topological polar surface area (TPSA) is 83.0 Å². The van der Waals surface area contributed by atoms with Gasteiger partial charge in [-0.25, -0.2) is 0 Å². The zero-order valence-corrected chi connectivity index (χ0v) is 15.2. The van der Waals surface area contributed by atoms with Gasteiger partial charge in [-0.1, -0.05) is 41.4 Å². The summed E-state index contributed by atoms with van der Waals surface area (Å²) in [6.07, 6.45) is 1.33. The Kier molecular flexibility index (Phi) is 6.36. The van der Waals surface area contributed by atoms with Gasteiger partial charge in [-0.2, -0.15) is 0 Å². The molecule has 0 heterocycles. The first-order valence-corrected chi connectivity index (χ1v) is 8.26. The molecule has 0 aliphatic rings. The Balaban J connectivity index is 2.27. The summed E-state index contributed by atoms with van der Waals surface area (Å²) in [4.78, 5) is 15.6. The quantitative estimate of drug-likeness (QED) is 0.473. The lowest BCUT2D eigenvalue weighted by atomic mass is 10.1. The van der Waals surface area contributed by atoms with Crippen LogP contribution in [0.15, 0.2) is 41.4 Å². The molecule has 0 unspecified atom stereocenters. The normalized spacial score (nSPS) is 12.7. The molecular formula is C17H17Cl2N3O3. The Morgan fingerprint density at radius 2 is 1.96 bits per heavy atom. The molecule has 2 aromatic rings. The zero-order chi connectivity index (χ0) is 18.6. The average Bonchev–Trinajstić information content (AvgIpc) is 2.54. The van der Waals surface area contributed by atoms with Gasteiger partial charge in [0.1, 0.15) is 6.04 Å². The Morgan fingerprint density at radius 3 is 2.56 bits per heavy atom. The van der Waals surface area contributed by atoms with E-state index in [-0.39, 0.29) is 16.6 Å². The number of nitro benzene ring substituents is 1. The molecule has 0 aliphatic carbocycles. The molecule has 2 rings (SSSR count). The van der Waals surface area contributed by atoms with Crippen molar-refractivity contribution in [2.75, 3.05) is 20.6 Å². The first-order chi connectivity index (χ1) is 11.8. The van der Waals surface area contributed by atoms with E-state index in [1.54, 1.807) is 0 Å². The molecule has 0 radical (unpaired) electrons. The minimum atomic E-state index is -0.748. The van der Waals surface area contributed by atoms with Crippen molar-refractivity contribution in [1.82, 2.24) is 0 Å². The van der Waals surface area contributed by atoms with Gasteiger partial charge in [0.05, 0.1) is 25.6 Å². The number of likely N-dealkylation sites (N-methyl/N-ethyl adjacent to an activating group) is 1. The highest BCUT2D eigenvalue weighted by Gasteiger charge is 2.19. The fourth-order valence-corrected chi connectivity index (χ4v) is 2.93. The second kappa shape index (κ2) is 8.29. The minimum absolute atomic E-state index is 0.0192. The number of hydrogen-bond donors (Lipinski definition) is 1. The Labute approximate surface area is 155 Å². The minimum Gasteiger partial charge on any atom is -0.867 e. The van der Waals surface area contributed by atoms with E-state index in [1.807, 2.05) is 38.4 Å². The van der Waals surface area contributed by atoms with Crippen LogP contribution in [0.5, 0.6) is 5.75 Å². The highest BCUT2D eigenvalue weighted by Crippen LogP contribution is 2.30. The number of nitro groups is 1. The molecule has 6 nitrogen and oxygen atoms in total. The molecule has 0 aromatic heterocycles. The summed E-state index contributed by atoms with van der Waals surface area (Å²) in [6, 6.07) is 9.88. The van der Waals surface area contributed by atoms with Crippen LogP contribution in [0.4, 0.5) is 5.69 Å². The van der Waals surface area contributed by atoms with Crippen LogP contribution in [-0.4, -0.2) is 31.8 Å². The molecule has 25 heavy (non-hydrogen) atoms. The van der Waals surface area contributed by atoms with E-state index >= 15 is 0 Å². The highest BCUT2D eigenvalue weighted by atomic mass is 35.5. The number of quaternary nitrogens is 1. The van der Waals surface area contributed by atoms with Gasteiger partial charge < -0.3 is 10.0 Å². The van der Waals surface area contributed by atoms with Crippen molar-refractivity contribution < 1.29 is 14.9 Å². The van der Waals surface area contributed by atoms with Crippen molar-refractivity contribution in [3.05, 3.63) is 67.7 Å². The smallest absolute Gasteiger partial charge is 0.263 e. The van der Waals surface area contributed by atoms with Crippen LogP contribution in [0.2, 0.25) is 10.0 Å². The molecule has 1 atom stereocenters. The van der Waals surface area contributed by atoms with Crippen molar-refractivity contribution in [2.45, 2.75) is 6.04 Å². The monoisotopic (exact) mass is 381 g/mol.